The molecule has 5 rings (SSSR count). The summed E-state index contributed by atoms with van der Waals surface area (Å²) in [5.74, 6) is 1.14. The minimum Gasteiger partial charge on any atom is -0.446 e. The molecule has 28 heavy (non-hydrogen) atoms. The molecule has 3 aliphatic rings. The third-order valence-electron chi connectivity index (χ3n) is 6.05. The molecule has 8 nitrogen and oxygen atoms in total. The van der Waals surface area contributed by atoms with Crippen molar-refractivity contribution in [3.05, 3.63) is 35.8 Å². The van der Waals surface area contributed by atoms with Gasteiger partial charge >= 0.3 is 6.09 Å². The third kappa shape index (κ3) is 3.56. The quantitative estimate of drug-likeness (QED) is 0.559. The third-order valence-corrected chi connectivity index (χ3v) is 6.05. The smallest absolute Gasteiger partial charge is 0.407 e. The SMILES string of the molecule is O=C1NCCCNC2(CC2)c2cc(ccn2)Nc2cc([nH]n2)[C@H]2CC[C@H](C2)O1. The molecule has 8 heteroatoms. The summed E-state index contributed by atoms with van der Waals surface area (Å²) in [7, 11) is 0. The van der Waals surface area contributed by atoms with Gasteiger partial charge in [-0.25, -0.2) is 4.79 Å². The first kappa shape index (κ1) is 17.5. The Bertz CT molecular complexity index is 862. The maximum atomic E-state index is 12.1. The molecule has 2 aromatic rings. The highest BCUT2D eigenvalue weighted by molar-refractivity contribution is 5.67. The van der Waals surface area contributed by atoms with E-state index < -0.39 is 0 Å². The summed E-state index contributed by atoms with van der Waals surface area (Å²) >= 11 is 0. The highest BCUT2D eigenvalue weighted by Crippen LogP contribution is 2.45. The largest absolute Gasteiger partial charge is 0.446 e. The Morgan fingerprint density at radius 1 is 1.18 bits per heavy atom. The van der Waals surface area contributed by atoms with Crippen molar-refractivity contribution < 1.29 is 9.53 Å². The minimum absolute atomic E-state index is 0.0285. The van der Waals surface area contributed by atoms with Crippen LogP contribution in [0.5, 0.6) is 0 Å². The summed E-state index contributed by atoms with van der Waals surface area (Å²) in [6.45, 7) is 1.44. The number of alkyl carbamates (subject to hydrolysis) is 1. The number of rotatable bonds is 0. The molecule has 2 aromatic heterocycles. The molecule has 1 spiro atoms. The number of ether oxygens (including phenoxy) is 1. The van der Waals surface area contributed by atoms with E-state index in [1.54, 1.807) is 0 Å². The van der Waals surface area contributed by atoms with Crippen LogP contribution in [0.25, 0.3) is 0 Å². The lowest BCUT2D eigenvalue weighted by Gasteiger charge is -2.18. The van der Waals surface area contributed by atoms with Crippen LogP contribution in [0.2, 0.25) is 0 Å². The molecule has 2 fully saturated rings. The van der Waals surface area contributed by atoms with Crippen molar-refractivity contribution in [3.63, 3.8) is 0 Å². The summed E-state index contributed by atoms with van der Waals surface area (Å²) in [5.41, 5.74) is 3.10. The molecule has 4 N–H and O–H groups in total. The van der Waals surface area contributed by atoms with E-state index >= 15 is 0 Å². The fourth-order valence-corrected chi connectivity index (χ4v) is 4.31. The Labute approximate surface area is 163 Å². The number of pyridine rings is 1. The molecule has 3 heterocycles. The second-order valence-electron chi connectivity index (χ2n) is 8.09. The lowest BCUT2D eigenvalue weighted by Crippen LogP contribution is -2.34. The van der Waals surface area contributed by atoms with E-state index in [1.165, 1.54) is 0 Å². The number of H-pyrrole nitrogens is 1. The van der Waals surface area contributed by atoms with Gasteiger partial charge in [0.05, 0.1) is 11.2 Å². The monoisotopic (exact) mass is 382 g/mol. The topological polar surface area (TPSA) is 104 Å². The first-order chi connectivity index (χ1) is 13.7. The normalized spacial score (nSPS) is 26.5. The van der Waals surface area contributed by atoms with Crippen LogP contribution in [-0.2, 0) is 10.3 Å². The molecule has 2 atom stereocenters. The first-order valence-electron chi connectivity index (χ1n) is 10.2. The van der Waals surface area contributed by atoms with Crippen molar-refractivity contribution in [1.82, 2.24) is 25.8 Å². The average molecular weight is 382 g/mol. The number of carbonyl (C=O) groups excluding carboxylic acids is 1. The van der Waals surface area contributed by atoms with E-state index in [2.05, 4.69) is 43.3 Å². The van der Waals surface area contributed by atoms with Gasteiger partial charge in [0.2, 0.25) is 0 Å². The molecular formula is C20H26N6O2. The van der Waals surface area contributed by atoms with Gasteiger partial charge in [-0.1, -0.05) is 0 Å². The molecule has 148 valence electrons. The van der Waals surface area contributed by atoms with Gasteiger partial charge in [0.25, 0.3) is 0 Å². The zero-order chi connectivity index (χ0) is 19.0. The van der Waals surface area contributed by atoms with Crippen LogP contribution < -0.4 is 16.0 Å². The fourth-order valence-electron chi connectivity index (χ4n) is 4.31. The number of fused-ring (bicyclic) bond motifs is 8. The van der Waals surface area contributed by atoms with Gasteiger partial charge in [0.15, 0.2) is 5.82 Å². The lowest BCUT2D eigenvalue weighted by molar-refractivity contribution is 0.100. The molecule has 0 aromatic carbocycles. The van der Waals surface area contributed by atoms with E-state index in [1.807, 2.05) is 12.3 Å². The average Bonchev–Trinajstić information content (AvgIpc) is 3.09. The van der Waals surface area contributed by atoms with E-state index in [9.17, 15) is 4.79 Å². The van der Waals surface area contributed by atoms with Crippen LogP contribution in [0.15, 0.2) is 24.4 Å². The molecule has 2 saturated carbocycles. The Morgan fingerprint density at radius 2 is 2.11 bits per heavy atom. The second kappa shape index (κ2) is 7.09. The number of hydrogen-bond donors (Lipinski definition) is 4. The van der Waals surface area contributed by atoms with Crippen LogP contribution in [0.3, 0.4) is 0 Å². The minimum atomic E-state index is -0.311. The van der Waals surface area contributed by atoms with Crippen LogP contribution in [-0.4, -0.2) is 40.5 Å². The van der Waals surface area contributed by atoms with E-state index in [0.717, 1.165) is 68.0 Å². The molecule has 0 saturated heterocycles. The van der Waals surface area contributed by atoms with Crippen LogP contribution in [0.4, 0.5) is 16.3 Å². The maximum absolute atomic E-state index is 12.1. The number of aromatic nitrogens is 3. The second-order valence-corrected chi connectivity index (χ2v) is 8.09. The Morgan fingerprint density at radius 3 is 3.00 bits per heavy atom. The van der Waals surface area contributed by atoms with E-state index in [4.69, 9.17) is 4.74 Å². The van der Waals surface area contributed by atoms with Gasteiger partial charge in [0.1, 0.15) is 6.10 Å². The molecule has 1 amide bonds. The summed E-state index contributed by atoms with van der Waals surface area (Å²) in [5, 5.41) is 17.5. The van der Waals surface area contributed by atoms with Gasteiger partial charge in [0, 0.05) is 36.1 Å². The standard InChI is InChI=1S/C20H26N6O2/c27-19-22-7-1-8-23-20(5-6-20)17-11-14(4-9-21-17)24-18-12-16(25-26-18)13-2-3-15(10-13)28-19/h4,9,11-13,15,23H,1-3,5-8,10H2,(H,22,27)(H2,24,25,26)/t13-,15+/m0/s1. The Hall–Kier alpha value is -2.61. The van der Waals surface area contributed by atoms with Crippen LogP contribution >= 0.6 is 0 Å². The van der Waals surface area contributed by atoms with Crippen LogP contribution in [0.1, 0.15) is 55.8 Å². The predicted octanol–water partition coefficient (Wildman–Crippen LogP) is 2.89. The number of aromatic amines is 1. The van der Waals surface area contributed by atoms with E-state index in [-0.39, 0.29) is 17.7 Å². The molecule has 2 aliphatic carbocycles. The highest BCUT2D eigenvalue weighted by atomic mass is 16.6. The molecular weight excluding hydrogens is 356 g/mol. The van der Waals surface area contributed by atoms with Crippen molar-refractivity contribution >= 4 is 17.6 Å². The molecule has 0 unspecified atom stereocenters. The zero-order valence-electron chi connectivity index (χ0n) is 15.8. The Balaban J connectivity index is 1.39. The summed E-state index contributed by atoms with van der Waals surface area (Å²) in [6, 6.07) is 6.14. The number of anilines is 2. The molecule has 0 radical (unpaired) electrons. The number of hydrogen-bond acceptors (Lipinski definition) is 6. The summed E-state index contributed by atoms with van der Waals surface area (Å²) in [4.78, 5) is 16.7. The maximum Gasteiger partial charge on any atom is 0.407 e. The van der Waals surface area contributed by atoms with Gasteiger partial charge in [-0.3, -0.25) is 10.1 Å². The number of nitrogens with one attached hydrogen (secondary N) is 4. The van der Waals surface area contributed by atoms with Crippen molar-refractivity contribution in [2.75, 3.05) is 18.4 Å². The van der Waals surface area contributed by atoms with Gasteiger partial charge in [-0.2, -0.15) is 5.10 Å². The summed E-state index contributed by atoms with van der Waals surface area (Å²) in [6.07, 6.45) is 7.24. The van der Waals surface area contributed by atoms with Crippen molar-refractivity contribution in [2.45, 2.75) is 56.1 Å². The van der Waals surface area contributed by atoms with Gasteiger partial charge < -0.3 is 20.7 Å². The number of nitrogens with zero attached hydrogens (tertiary/aromatic N) is 2. The Kier molecular flexibility index (Phi) is 4.43. The van der Waals surface area contributed by atoms with Crippen LogP contribution in [0, 0.1) is 0 Å². The first-order valence-corrected chi connectivity index (χ1v) is 10.2. The zero-order valence-corrected chi connectivity index (χ0v) is 15.8. The van der Waals surface area contributed by atoms with Gasteiger partial charge in [-0.15, -0.1) is 0 Å². The lowest BCUT2D eigenvalue weighted by atomic mass is 10.0. The number of amides is 1. The molecule has 1 aliphatic heterocycles. The van der Waals surface area contributed by atoms with Gasteiger partial charge in [-0.05, 0) is 57.2 Å². The van der Waals surface area contributed by atoms with E-state index in [0.29, 0.717) is 12.5 Å². The van der Waals surface area contributed by atoms with Crippen molar-refractivity contribution in [3.8, 4) is 0 Å². The predicted molar refractivity (Wildman–Crippen MR) is 105 cm³/mol. The fraction of sp³-hybridized carbons (Fsp3) is 0.550. The summed E-state index contributed by atoms with van der Waals surface area (Å²) < 4.78 is 5.59. The van der Waals surface area contributed by atoms with Crippen molar-refractivity contribution in [1.29, 1.82) is 0 Å². The molecule has 6 bridgehead atoms. The highest BCUT2D eigenvalue weighted by Gasteiger charge is 2.45. The van der Waals surface area contributed by atoms with Crippen molar-refractivity contribution in [2.24, 2.45) is 0 Å². The number of carbonyl (C=O) groups is 1.